The second kappa shape index (κ2) is 20.8. The molecule has 0 radical (unpaired) electrons. The Morgan fingerprint density at radius 3 is 2.27 bits per heavy atom. The highest BCUT2D eigenvalue weighted by Crippen LogP contribution is 2.39. The summed E-state index contributed by atoms with van der Waals surface area (Å²) in [5.41, 5.74) is 1.88. The van der Waals surface area contributed by atoms with Crippen molar-refractivity contribution in [2.24, 2.45) is 29.6 Å². The lowest BCUT2D eigenvalue weighted by Crippen LogP contribution is -2.64. The number of amides is 1. The van der Waals surface area contributed by atoms with Crippen LogP contribution in [-0.4, -0.2) is 109 Å². The van der Waals surface area contributed by atoms with Gasteiger partial charge in [0.2, 0.25) is 5.79 Å². The van der Waals surface area contributed by atoms with Crippen LogP contribution in [0.3, 0.4) is 0 Å². The molecule has 12 atom stereocenters. The van der Waals surface area contributed by atoms with Gasteiger partial charge in [-0.05, 0) is 101 Å². The Labute approximate surface area is 334 Å². The average molecular weight is 788 g/mol. The summed E-state index contributed by atoms with van der Waals surface area (Å²) < 4.78 is 29.8. The fraction of sp³-hybridized carbons (Fsp3) is 0.795. The standard InChI is InChI=1S/C44H69NO11/c1-10-13-32-21-26(2)20-27(3)22-37(53-8)40-38(54-9)24-30(6)44(51,56-40)41(48)42(49)45-19-12-11-14-33(45)43(50)55-39(28(4)15-17-34(32)46)29(5)23-31-16-18-35(47)36(25-31)52-7/h21,23,27-28,30-33,36-40,51H,10-20,22,24-25H2,1-9H3/b26-21+,29-23?. The van der Waals surface area contributed by atoms with Gasteiger partial charge < -0.3 is 33.7 Å². The summed E-state index contributed by atoms with van der Waals surface area (Å²) in [7, 11) is 4.64. The van der Waals surface area contributed by atoms with Crippen LogP contribution < -0.4 is 0 Å². The molecular formula is C44H69NO11. The summed E-state index contributed by atoms with van der Waals surface area (Å²) in [6.07, 6.45) is 7.86. The first-order chi connectivity index (χ1) is 26.6. The number of methoxy groups -OCH3 is 3. The molecule has 12 heteroatoms. The van der Waals surface area contributed by atoms with E-state index in [2.05, 4.69) is 26.0 Å². The molecular weight excluding hydrogens is 718 g/mol. The maximum Gasteiger partial charge on any atom is 0.329 e. The topological polar surface area (TPSA) is 155 Å². The third kappa shape index (κ3) is 11.0. The van der Waals surface area contributed by atoms with E-state index in [1.54, 1.807) is 21.1 Å². The van der Waals surface area contributed by atoms with Crippen LogP contribution in [0.5, 0.6) is 0 Å². The van der Waals surface area contributed by atoms with E-state index in [9.17, 15) is 29.1 Å². The number of ether oxygens (including phenoxy) is 5. The number of hydrogen-bond donors (Lipinski definition) is 1. The molecule has 0 aromatic rings. The van der Waals surface area contributed by atoms with Crippen molar-refractivity contribution < 1.29 is 52.8 Å². The minimum absolute atomic E-state index is 0.0302. The van der Waals surface area contributed by atoms with Crippen molar-refractivity contribution >= 4 is 29.2 Å². The molecule has 0 aromatic carbocycles. The molecule has 12 nitrogen and oxygen atoms in total. The largest absolute Gasteiger partial charge is 0.456 e. The van der Waals surface area contributed by atoms with Crippen molar-refractivity contribution in [2.45, 2.75) is 167 Å². The van der Waals surface area contributed by atoms with Crippen LogP contribution in [0.1, 0.15) is 125 Å². The highest BCUT2D eigenvalue weighted by atomic mass is 16.7. The van der Waals surface area contributed by atoms with Gasteiger partial charge in [0.1, 0.15) is 30.1 Å². The Kier molecular flexibility index (Phi) is 17.0. The van der Waals surface area contributed by atoms with Gasteiger partial charge in [-0.3, -0.25) is 19.2 Å². The summed E-state index contributed by atoms with van der Waals surface area (Å²) in [4.78, 5) is 70.2. The Bertz CT molecular complexity index is 1460. The molecule has 316 valence electrons. The van der Waals surface area contributed by atoms with E-state index < -0.39 is 65.9 Å². The highest BCUT2D eigenvalue weighted by Gasteiger charge is 2.56. The minimum Gasteiger partial charge on any atom is -0.456 e. The Hall–Kier alpha value is -2.77. The number of piperidine rings is 1. The monoisotopic (exact) mass is 787 g/mol. The number of esters is 1. The van der Waals surface area contributed by atoms with Crippen LogP contribution in [0.25, 0.3) is 0 Å². The molecule has 3 fully saturated rings. The van der Waals surface area contributed by atoms with Gasteiger partial charge in [-0.2, -0.15) is 0 Å². The number of Topliss-reactive ketones (excluding diaryl/α,β-unsaturated/α-hetero) is 3. The van der Waals surface area contributed by atoms with Gasteiger partial charge in [0, 0.05) is 52.6 Å². The van der Waals surface area contributed by atoms with Crippen LogP contribution in [0.15, 0.2) is 23.3 Å². The van der Waals surface area contributed by atoms with Gasteiger partial charge in [0.05, 0.1) is 12.2 Å². The van der Waals surface area contributed by atoms with Gasteiger partial charge in [-0.15, -0.1) is 0 Å². The van der Waals surface area contributed by atoms with Crippen LogP contribution in [0.4, 0.5) is 0 Å². The molecule has 1 N–H and O–H groups in total. The molecule has 3 aliphatic heterocycles. The zero-order chi connectivity index (χ0) is 41.3. The van der Waals surface area contributed by atoms with Gasteiger partial charge >= 0.3 is 5.97 Å². The lowest BCUT2D eigenvalue weighted by atomic mass is 9.82. The fourth-order valence-corrected chi connectivity index (χ4v) is 9.45. The molecule has 56 heavy (non-hydrogen) atoms. The Morgan fingerprint density at radius 1 is 0.929 bits per heavy atom. The third-order valence-electron chi connectivity index (χ3n) is 12.7. The Morgan fingerprint density at radius 2 is 1.61 bits per heavy atom. The number of rotatable bonds is 7. The second-order valence-electron chi connectivity index (χ2n) is 17.2. The maximum atomic E-state index is 14.3. The molecule has 1 aliphatic carbocycles. The first-order valence-electron chi connectivity index (χ1n) is 21.0. The molecule has 1 amide bonds. The first-order valence-corrected chi connectivity index (χ1v) is 21.0. The van der Waals surface area contributed by atoms with E-state index in [4.69, 9.17) is 23.7 Å². The van der Waals surface area contributed by atoms with E-state index >= 15 is 0 Å². The lowest BCUT2D eigenvalue weighted by Gasteiger charge is -2.47. The van der Waals surface area contributed by atoms with Crippen LogP contribution >= 0.6 is 0 Å². The van der Waals surface area contributed by atoms with Gasteiger partial charge in [-0.1, -0.05) is 51.8 Å². The number of allylic oxidation sites excluding steroid dienone is 3. The molecule has 0 aromatic heterocycles. The molecule has 2 saturated heterocycles. The fourth-order valence-electron chi connectivity index (χ4n) is 9.45. The van der Waals surface area contributed by atoms with Crippen LogP contribution in [0, 0.1) is 29.6 Å². The highest BCUT2D eigenvalue weighted by molar-refractivity contribution is 6.39. The molecule has 4 aliphatic rings. The van der Waals surface area contributed by atoms with Crippen molar-refractivity contribution in [2.75, 3.05) is 27.9 Å². The van der Waals surface area contributed by atoms with Gasteiger partial charge in [0.25, 0.3) is 11.7 Å². The number of aliphatic hydroxyl groups is 1. The van der Waals surface area contributed by atoms with Crippen molar-refractivity contribution in [3.63, 3.8) is 0 Å². The summed E-state index contributed by atoms with van der Waals surface area (Å²) in [6.45, 7) is 11.9. The van der Waals surface area contributed by atoms with Gasteiger partial charge in [0.15, 0.2) is 5.78 Å². The zero-order valence-corrected chi connectivity index (χ0v) is 35.4. The second-order valence-corrected chi connectivity index (χ2v) is 17.2. The summed E-state index contributed by atoms with van der Waals surface area (Å²) in [6, 6.07) is -1.05. The smallest absolute Gasteiger partial charge is 0.329 e. The SMILES string of the molecule is CCCC1/C=C(\C)CC(C)CC(OC)C2OC(O)(C(=O)C(=O)N3CCCCC3C(=O)OC(C(C)=CC3CCC(=O)C(OC)C3)C(C)CCC1=O)C(C)CC2OC. The van der Waals surface area contributed by atoms with Crippen molar-refractivity contribution in [1.82, 2.24) is 4.90 Å². The average Bonchev–Trinajstić information content (AvgIpc) is 3.18. The number of fused-ring (bicyclic) bond motifs is 3. The van der Waals surface area contributed by atoms with E-state index in [1.807, 2.05) is 20.8 Å². The lowest BCUT2D eigenvalue weighted by molar-refractivity contribution is -0.302. The minimum atomic E-state index is -2.47. The molecule has 2 bridgehead atoms. The maximum absolute atomic E-state index is 14.3. The first kappa shape index (κ1) is 45.9. The molecule has 1 saturated carbocycles. The molecule has 0 spiro atoms. The number of carbonyl (C=O) groups is 5. The summed E-state index contributed by atoms with van der Waals surface area (Å²) in [5, 5.41) is 12.0. The normalized spacial score (nSPS) is 38.9. The third-order valence-corrected chi connectivity index (χ3v) is 12.7. The van der Waals surface area contributed by atoms with E-state index in [1.165, 1.54) is 12.0 Å². The molecule has 3 heterocycles. The van der Waals surface area contributed by atoms with Crippen LogP contribution in [-0.2, 0) is 47.7 Å². The predicted octanol–water partition coefficient (Wildman–Crippen LogP) is 6.10. The number of ketones is 3. The van der Waals surface area contributed by atoms with Crippen LogP contribution in [0.2, 0.25) is 0 Å². The van der Waals surface area contributed by atoms with Gasteiger partial charge in [-0.25, -0.2) is 4.79 Å². The predicted molar refractivity (Wildman–Crippen MR) is 210 cm³/mol. The summed E-state index contributed by atoms with van der Waals surface area (Å²) in [5.74, 6) is -6.20. The molecule has 12 unspecified atom stereocenters. The van der Waals surface area contributed by atoms with E-state index in [0.717, 1.165) is 24.0 Å². The number of cyclic esters (lactones) is 1. The zero-order valence-electron chi connectivity index (χ0n) is 35.4. The van der Waals surface area contributed by atoms with E-state index in [-0.39, 0.29) is 54.6 Å². The number of nitrogens with zero attached hydrogens (tertiary/aromatic N) is 1. The number of hydrogen-bond acceptors (Lipinski definition) is 11. The molecule has 4 rings (SSSR count). The summed E-state index contributed by atoms with van der Waals surface area (Å²) >= 11 is 0. The van der Waals surface area contributed by atoms with E-state index in [0.29, 0.717) is 57.8 Å². The van der Waals surface area contributed by atoms with Crippen molar-refractivity contribution in [1.29, 1.82) is 0 Å². The number of carbonyl (C=O) groups excluding carboxylic acids is 5. The Balaban J connectivity index is 1.75. The quantitative estimate of drug-likeness (QED) is 0.181. The van der Waals surface area contributed by atoms with Crippen molar-refractivity contribution in [3.05, 3.63) is 23.3 Å². The van der Waals surface area contributed by atoms with Crippen molar-refractivity contribution in [3.8, 4) is 0 Å².